The summed E-state index contributed by atoms with van der Waals surface area (Å²) in [6.07, 6.45) is 2.36. The van der Waals surface area contributed by atoms with E-state index < -0.39 is 0 Å². The van der Waals surface area contributed by atoms with Crippen LogP contribution in [-0.2, 0) is 6.42 Å². The van der Waals surface area contributed by atoms with Crippen LogP contribution in [0.15, 0.2) is 10.9 Å². The first-order valence-electron chi connectivity index (χ1n) is 5.84. The fraction of sp³-hybridized carbons (Fsp3) is 0.750. The summed E-state index contributed by atoms with van der Waals surface area (Å²) in [4.78, 5) is 4.30. The largest absolute Gasteiger partial charge is 0.313 e. The van der Waals surface area contributed by atoms with Gasteiger partial charge in [0.15, 0.2) is 0 Å². The van der Waals surface area contributed by atoms with Gasteiger partial charge in [-0.2, -0.15) is 11.8 Å². The summed E-state index contributed by atoms with van der Waals surface area (Å²) in [7, 11) is 0. The lowest BCUT2D eigenvalue weighted by molar-refractivity contribution is 0.319. The van der Waals surface area contributed by atoms with Crippen LogP contribution in [0.5, 0.6) is 0 Å². The molecular formula is C12H20N2S2. The number of hydrogen-bond donors (Lipinski definition) is 1. The summed E-state index contributed by atoms with van der Waals surface area (Å²) in [5, 5.41) is 5.80. The minimum Gasteiger partial charge on any atom is -0.313 e. The third-order valence-electron chi connectivity index (χ3n) is 2.91. The summed E-state index contributed by atoms with van der Waals surface area (Å²) in [6, 6.07) is 0.687. The van der Waals surface area contributed by atoms with E-state index in [2.05, 4.69) is 41.3 Å². The highest BCUT2D eigenvalue weighted by Gasteiger charge is 2.27. The molecule has 2 rings (SSSR count). The highest BCUT2D eigenvalue weighted by atomic mass is 32.2. The van der Waals surface area contributed by atoms with Crippen molar-refractivity contribution < 1.29 is 0 Å². The highest BCUT2D eigenvalue weighted by Crippen LogP contribution is 2.33. The first-order chi connectivity index (χ1) is 7.66. The molecule has 0 bridgehead atoms. The lowest BCUT2D eigenvalue weighted by Crippen LogP contribution is -2.41. The molecule has 2 nitrogen and oxygen atoms in total. The van der Waals surface area contributed by atoms with Gasteiger partial charge < -0.3 is 5.32 Å². The SMILES string of the molecule is CC1(C)CSCC(NCCc2cscn2)C1. The van der Waals surface area contributed by atoms with Crippen LogP contribution in [0.2, 0.25) is 0 Å². The molecule has 1 aliphatic rings. The smallest absolute Gasteiger partial charge is 0.0794 e. The zero-order valence-corrected chi connectivity index (χ0v) is 11.7. The Morgan fingerprint density at radius 3 is 3.12 bits per heavy atom. The number of rotatable bonds is 4. The average molecular weight is 256 g/mol. The standard InChI is InChI=1S/C12H20N2S2/c1-12(2)5-11(7-15-8-12)13-4-3-10-6-16-9-14-10/h6,9,11,13H,3-5,7-8H2,1-2H3. The molecule has 0 aromatic carbocycles. The molecule has 4 heteroatoms. The maximum atomic E-state index is 4.30. The van der Waals surface area contributed by atoms with Gasteiger partial charge in [0.1, 0.15) is 0 Å². The molecule has 1 atom stereocenters. The zero-order valence-electron chi connectivity index (χ0n) is 10.0. The van der Waals surface area contributed by atoms with E-state index in [-0.39, 0.29) is 0 Å². The van der Waals surface area contributed by atoms with Gasteiger partial charge in [0.05, 0.1) is 11.2 Å². The van der Waals surface area contributed by atoms with E-state index in [0.29, 0.717) is 11.5 Å². The number of aromatic nitrogens is 1. The molecule has 1 saturated heterocycles. The zero-order chi connectivity index (χ0) is 11.4. The number of nitrogens with zero attached hydrogens (tertiary/aromatic N) is 1. The Kier molecular flexibility index (Phi) is 4.27. The molecule has 1 aromatic heterocycles. The first-order valence-corrected chi connectivity index (χ1v) is 7.94. The van der Waals surface area contributed by atoms with Gasteiger partial charge in [-0.3, -0.25) is 0 Å². The van der Waals surface area contributed by atoms with Gasteiger partial charge in [-0.1, -0.05) is 13.8 Å². The second-order valence-electron chi connectivity index (χ2n) is 5.26. The summed E-state index contributed by atoms with van der Waals surface area (Å²) < 4.78 is 0. The number of thioether (sulfide) groups is 1. The maximum Gasteiger partial charge on any atom is 0.0794 e. The molecule has 0 amide bonds. The number of hydrogen-bond acceptors (Lipinski definition) is 4. The molecule has 0 radical (unpaired) electrons. The van der Waals surface area contributed by atoms with Crippen LogP contribution in [-0.4, -0.2) is 29.1 Å². The Labute approximate surface area is 106 Å². The van der Waals surface area contributed by atoms with Crippen molar-refractivity contribution in [1.29, 1.82) is 0 Å². The van der Waals surface area contributed by atoms with Crippen LogP contribution in [0.25, 0.3) is 0 Å². The molecule has 0 saturated carbocycles. The number of nitrogens with one attached hydrogen (secondary N) is 1. The topological polar surface area (TPSA) is 24.9 Å². The average Bonchev–Trinajstić information content (AvgIpc) is 2.69. The van der Waals surface area contributed by atoms with Crippen molar-refractivity contribution in [3.8, 4) is 0 Å². The Hall–Kier alpha value is -0.0600. The number of thiazole rings is 1. The summed E-state index contributed by atoms with van der Waals surface area (Å²) in [5.41, 5.74) is 3.64. The van der Waals surface area contributed by atoms with E-state index in [1.165, 1.54) is 23.6 Å². The molecule has 1 N–H and O–H groups in total. The van der Waals surface area contributed by atoms with Crippen LogP contribution in [0.1, 0.15) is 26.0 Å². The minimum atomic E-state index is 0.501. The second-order valence-corrected chi connectivity index (χ2v) is 7.01. The molecule has 16 heavy (non-hydrogen) atoms. The maximum absolute atomic E-state index is 4.30. The fourth-order valence-corrected chi connectivity index (χ4v) is 4.06. The van der Waals surface area contributed by atoms with Crippen molar-refractivity contribution in [2.75, 3.05) is 18.1 Å². The van der Waals surface area contributed by atoms with Gasteiger partial charge >= 0.3 is 0 Å². The van der Waals surface area contributed by atoms with E-state index in [1.54, 1.807) is 11.3 Å². The van der Waals surface area contributed by atoms with E-state index in [9.17, 15) is 0 Å². The first kappa shape index (κ1) is 12.4. The van der Waals surface area contributed by atoms with Crippen LogP contribution < -0.4 is 5.32 Å². The molecule has 1 unspecified atom stereocenters. The lowest BCUT2D eigenvalue weighted by atomic mass is 9.88. The Bertz CT molecular complexity index is 309. The fourth-order valence-electron chi connectivity index (χ4n) is 2.16. The van der Waals surface area contributed by atoms with Gasteiger partial charge in [0.2, 0.25) is 0 Å². The van der Waals surface area contributed by atoms with Crippen molar-refractivity contribution in [2.45, 2.75) is 32.7 Å². The van der Waals surface area contributed by atoms with Gasteiger partial charge in [-0.25, -0.2) is 4.98 Å². The predicted molar refractivity (Wildman–Crippen MR) is 73.3 cm³/mol. The molecule has 2 heterocycles. The van der Waals surface area contributed by atoms with E-state index in [1.807, 2.05) is 5.51 Å². The molecule has 90 valence electrons. The molecule has 1 fully saturated rings. The third-order valence-corrected chi connectivity index (χ3v) is 5.17. The predicted octanol–water partition coefficient (Wildman–Crippen LogP) is 2.81. The lowest BCUT2D eigenvalue weighted by Gasteiger charge is -2.35. The van der Waals surface area contributed by atoms with Crippen LogP contribution in [0.4, 0.5) is 0 Å². The van der Waals surface area contributed by atoms with Crippen molar-refractivity contribution in [3.05, 3.63) is 16.6 Å². The Morgan fingerprint density at radius 1 is 1.56 bits per heavy atom. The van der Waals surface area contributed by atoms with Crippen molar-refractivity contribution >= 4 is 23.1 Å². The van der Waals surface area contributed by atoms with Crippen LogP contribution >= 0.6 is 23.1 Å². The van der Waals surface area contributed by atoms with E-state index >= 15 is 0 Å². The normalized spacial score (nSPS) is 24.5. The molecular weight excluding hydrogens is 236 g/mol. The quantitative estimate of drug-likeness (QED) is 0.896. The van der Waals surface area contributed by atoms with E-state index in [4.69, 9.17) is 0 Å². The second kappa shape index (κ2) is 5.52. The summed E-state index contributed by atoms with van der Waals surface area (Å²) in [6.45, 7) is 5.80. The van der Waals surface area contributed by atoms with Crippen molar-refractivity contribution in [3.63, 3.8) is 0 Å². The molecule has 0 spiro atoms. The monoisotopic (exact) mass is 256 g/mol. The van der Waals surface area contributed by atoms with Crippen molar-refractivity contribution in [2.24, 2.45) is 5.41 Å². The Morgan fingerprint density at radius 2 is 2.44 bits per heavy atom. The van der Waals surface area contributed by atoms with Gasteiger partial charge in [0.25, 0.3) is 0 Å². The molecule has 1 aromatic rings. The highest BCUT2D eigenvalue weighted by molar-refractivity contribution is 7.99. The minimum absolute atomic E-state index is 0.501. The van der Waals surface area contributed by atoms with Gasteiger partial charge in [-0.05, 0) is 17.6 Å². The molecule has 0 aliphatic carbocycles. The van der Waals surface area contributed by atoms with Crippen molar-refractivity contribution in [1.82, 2.24) is 10.3 Å². The van der Waals surface area contributed by atoms with E-state index in [0.717, 1.165) is 13.0 Å². The Balaban J connectivity index is 1.70. The van der Waals surface area contributed by atoms with Gasteiger partial charge in [0, 0.05) is 30.1 Å². The summed E-state index contributed by atoms with van der Waals surface area (Å²) in [5.74, 6) is 2.57. The van der Waals surface area contributed by atoms with Crippen LogP contribution in [0, 0.1) is 5.41 Å². The third kappa shape index (κ3) is 3.75. The van der Waals surface area contributed by atoms with Gasteiger partial charge in [-0.15, -0.1) is 11.3 Å². The van der Waals surface area contributed by atoms with Crippen LogP contribution in [0.3, 0.4) is 0 Å². The summed E-state index contributed by atoms with van der Waals surface area (Å²) >= 11 is 3.76. The molecule has 1 aliphatic heterocycles.